The first-order valence-corrected chi connectivity index (χ1v) is 8.98. The molecule has 1 fully saturated rings. The maximum absolute atomic E-state index is 12.7. The minimum atomic E-state index is -2.30. The Morgan fingerprint density at radius 1 is 1.40 bits per heavy atom. The molecule has 3 rings (SSSR count). The molecule has 1 aliphatic heterocycles. The third kappa shape index (κ3) is 4.59. The highest BCUT2D eigenvalue weighted by molar-refractivity contribution is 7.13. The molecule has 134 valence electrons. The number of primary amides is 1. The maximum atomic E-state index is 12.7. The number of nitrogens with zero attached hydrogens (tertiary/aromatic N) is 2. The normalized spacial score (nSPS) is 18.6. The lowest BCUT2D eigenvalue weighted by molar-refractivity contribution is 0.0640. The van der Waals surface area contributed by atoms with Crippen molar-refractivity contribution in [3.63, 3.8) is 0 Å². The minimum absolute atomic E-state index is 0.126. The molecular weight excluding hydrogens is 346 g/mol. The number of rotatable bonds is 6. The van der Waals surface area contributed by atoms with Crippen molar-refractivity contribution in [3.05, 3.63) is 40.9 Å². The summed E-state index contributed by atoms with van der Waals surface area (Å²) >= 11 is 1.50. The predicted octanol–water partition coefficient (Wildman–Crippen LogP) is 2.34. The molecule has 0 bridgehead atoms. The number of carbonyl (C=O) groups is 1. The van der Waals surface area contributed by atoms with E-state index in [0.717, 1.165) is 29.4 Å². The fraction of sp³-hybridized carbons (Fsp3) is 0.412. The molecule has 0 radical (unpaired) electrons. The van der Waals surface area contributed by atoms with E-state index in [1.165, 1.54) is 11.3 Å². The highest BCUT2D eigenvalue weighted by atomic mass is 32.1. The number of amides is 1. The Balaban J connectivity index is 1.69. The molecule has 1 aromatic carbocycles. The van der Waals surface area contributed by atoms with Crippen molar-refractivity contribution < 1.29 is 13.6 Å². The van der Waals surface area contributed by atoms with Gasteiger partial charge in [0.25, 0.3) is 0 Å². The van der Waals surface area contributed by atoms with E-state index in [1.807, 2.05) is 17.5 Å². The van der Waals surface area contributed by atoms with E-state index < -0.39 is 12.3 Å². The van der Waals surface area contributed by atoms with Gasteiger partial charge in [0.1, 0.15) is 5.01 Å². The zero-order valence-corrected chi connectivity index (χ0v) is 14.4. The van der Waals surface area contributed by atoms with Gasteiger partial charge < -0.3 is 11.1 Å². The van der Waals surface area contributed by atoms with Crippen LogP contribution in [0.25, 0.3) is 10.6 Å². The summed E-state index contributed by atoms with van der Waals surface area (Å²) in [6.07, 6.45) is -2.43. The van der Waals surface area contributed by atoms with E-state index in [0.29, 0.717) is 18.7 Å². The van der Waals surface area contributed by atoms with Crippen LogP contribution in [0.5, 0.6) is 0 Å². The summed E-state index contributed by atoms with van der Waals surface area (Å²) in [4.78, 5) is 17.8. The SMILES string of the molecule is NC(=O)c1ccc(-c2nc(CN3CCNCC3CC(F)F)cs2)cc1. The first-order valence-electron chi connectivity index (χ1n) is 8.10. The van der Waals surface area contributed by atoms with E-state index in [1.54, 1.807) is 12.1 Å². The molecule has 1 saturated heterocycles. The second-order valence-electron chi connectivity index (χ2n) is 6.04. The summed E-state index contributed by atoms with van der Waals surface area (Å²) in [7, 11) is 0. The van der Waals surface area contributed by atoms with E-state index in [-0.39, 0.29) is 12.5 Å². The largest absolute Gasteiger partial charge is 0.366 e. The van der Waals surface area contributed by atoms with Gasteiger partial charge in [-0.3, -0.25) is 9.69 Å². The molecule has 8 heteroatoms. The smallest absolute Gasteiger partial charge is 0.248 e. The number of benzene rings is 1. The van der Waals surface area contributed by atoms with Gasteiger partial charge in [-0.25, -0.2) is 13.8 Å². The van der Waals surface area contributed by atoms with Gasteiger partial charge in [0.05, 0.1) is 5.69 Å². The molecule has 1 unspecified atom stereocenters. The molecule has 1 aromatic heterocycles. The van der Waals surface area contributed by atoms with Gasteiger partial charge in [0, 0.05) is 55.1 Å². The Morgan fingerprint density at radius 2 is 2.16 bits per heavy atom. The lowest BCUT2D eigenvalue weighted by atomic mass is 10.1. The standard InChI is InChI=1S/C17H20F2N4OS/c18-15(19)7-14-8-21-5-6-23(14)9-13-10-25-17(22-13)12-3-1-11(2-4-12)16(20)24/h1-4,10,14-15,21H,5-9H2,(H2,20,24). The number of hydrogen-bond donors (Lipinski definition) is 2. The van der Waals surface area contributed by atoms with Crippen molar-refractivity contribution >= 4 is 17.2 Å². The average Bonchev–Trinajstić information content (AvgIpc) is 3.05. The summed E-state index contributed by atoms with van der Waals surface area (Å²) in [5, 5.41) is 5.97. The number of piperazine rings is 1. The summed E-state index contributed by atoms with van der Waals surface area (Å²) in [5.74, 6) is -0.463. The molecule has 0 saturated carbocycles. The summed E-state index contributed by atoms with van der Waals surface area (Å²) in [6.45, 7) is 2.67. The van der Waals surface area contributed by atoms with Crippen LogP contribution in [0, 0.1) is 0 Å². The first-order chi connectivity index (χ1) is 12.0. The molecule has 2 aromatic rings. The second kappa shape index (κ2) is 7.99. The summed E-state index contributed by atoms with van der Waals surface area (Å²) < 4.78 is 25.5. The van der Waals surface area contributed by atoms with Crippen molar-refractivity contribution in [1.82, 2.24) is 15.2 Å². The molecule has 1 amide bonds. The topological polar surface area (TPSA) is 71.2 Å². The predicted molar refractivity (Wildman–Crippen MR) is 93.8 cm³/mol. The number of halogens is 2. The highest BCUT2D eigenvalue weighted by Crippen LogP contribution is 2.25. The Hall–Kier alpha value is -1.90. The van der Waals surface area contributed by atoms with Crippen LogP contribution >= 0.6 is 11.3 Å². The molecule has 5 nitrogen and oxygen atoms in total. The lowest BCUT2D eigenvalue weighted by Crippen LogP contribution is -2.51. The van der Waals surface area contributed by atoms with Gasteiger partial charge in [-0.1, -0.05) is 12.1 Å². The Morgan fingerprint density at radius 3 is 2.84 bits per heavy atom. The van der Waals surface area contributed by atoms with Crippen molar-refractivity contribution in [3.8, 4) is 10.6 Å². The van der Waals surface area contributed by atoms with E-state index in [4.69, 9.17) is 5.73 Å². The van der Waals surface area contributed by atoms with Gasteiger partial charge >= 0.3 is 0 Å². The number of hydrogen-bond acceptors (Lipinski definition) is 5. The monoisotopic (exact) mass is 366 g/mol. The van der Waals surface area contributed by atoms with Gasteiger partial charge in [-0.05, 0) is 12.1 Å². The van der Waals surface area contributed by atoms with Crippen LogP contribution in [0.15, 0.2) is 29.6 Å². The molecule has 3 N–H and O–H groups in total. The van der Waals surface area contributed by atoms with Crippen LogP contribution in [-0.4, -0.2) is 47.9 Å². The zero-order valence-electron chi connectivity index (χ0n) is 13.6. The fourth-order valence-electron chi connectivity index (χ4n) is 2.95. The number of aromatic nitrogens is 1. The van der Waals surface area contributed by atoms with Crippen molar-refractivity contribution in [1.29, 1.82) is 0 Å². The van der Waals surface area contributed by atoms with Gasteiger partial charge in [-0.15, -0.1) is 11.3 Å². The molecule has 1 aliphatic rings. The number of nitrogens with two attached hydrogens (primary N) is 1. The fourth-order valence-corrected chi connectivity index (χ4v) is 3.76. The number of alkyl halides is 2. The second-order valence-corrected chi connectivity index (χ2v) is 6.90. The zero-order chi connectivity index (χ0) is 17.8. The number of nitrogens with one attached hydrogen (secondary N) is 1. The van der Waals surface area contributed by atoms with E-state index in [2.05, 4.69) is 15.2 Å². The van der Waals surface area contributed by atoms with Gasteiger partial charge in [0.15, 0.2) is 0 Å². The van der Waals surface area contributed by atoms with E-state index >= 15 is 0 Å². The van der Waals surface area contributed by atoms with Crippen LogP contribution in [0.1, 0.15) is 22.5 Å². The maximum Gasteiger partial charge on any atom is 0.248 e. The van der Waals surface area contributed by atoms with E-state index in [9.17, 15) is 13.6 Å². The van der Waals surface area contributed by atoms with Crippen molar-refractivity contribution in [2.45, 2.75) is 25.4 Å². The van der Waals surface area contributed by atoms with Crippen LogP contribution in [0.4, 0.5) is 8.78 Å². The quantitative estimate of drug-likeness (QED) is 0.823. The summed E-state index contributed by atoms with van der Waals surface area (Å²) in [6, 6.07) is 6.80. The Kier molecular flexibility index (Phi) is 5.72. The third-order valence-electron chi connectivity index (χ3n) is 4.26. The molecule has 0 aliphatic carbocycles. The highest BCUT2D eigenvalue weighted by Gasteiger charge is 2.25. The summed E-state index contributed by atoms with van der Waals surface area (Å²) in [5.41, 5.74) is 7.48. The van der Waals surface area contributed by atoms with Crippen LogP contribution < -0.4 is 11.1 Å². The van der Waals surface area contributed by atoms with Crippen LogP contribution in [0.3, 0.4) is 0 Å². The minimum Gasteiger partial charge on any atom is -0.366 e. The molecule has 0 spiro atoms. The Labute approximate surface area is 148 Å². The van der Waals surface area contributed by atoms with Crippen LogP contribution in [-0.2, 0) is 6.54 Å². The van der Waals surface area contributed by atoms with Crippen LogP contribution in [0.2, 0.25) is 0 Å². The average molecular weight is 366 g/mol. The third-order valence-corrected chi connectivity index (χ3v) is 5.20. The van der Waals surface area contributed by atoms with Crippen molar-refractivity contribution in [2.75, 3.05) is 19.6 Å². The Bertz CT molecular complexity index is 720. The van der Waals surface area contributed by atoms with Crippen molar-refractivity contribution in [2.24, 2.45) is 5.73 Å². The number of thiazole rings is 1. The van der Waals surface area contributed by atoms with Gasteiger partial charge in [-0.2, -0.15) is 0 Å². The first kappa shape index (κ1) is 17.9. The number of carbonyl (C=O) groups excluding carboxylic acids is 1. The molecule has 1 atom stereocenters. The molecule has 25 heavy (non-hydrogen) atoms. The molecule has 2 heterocycles. The van der Waals surface area contributed by atoms with Gasteiger partial charge in [0.2, 0.25) is 12.3 Å². The molecular formula is C17H20F2N4OS. The lowest BCUT2D eigenvalue weighted by Gasteiger charge is -2.35.